The van der Waals surface area contributed by atoms with Gasteiger partial charge >= 0.3 is 6.09 Å². The van der Waals surface area contributed by atoms with E-state index in [1.165, 1.54) is 28.7 Å². The lowest BCUT2D eigenvalue weighted by atomic mass is 9.94. The normalized spacial score (nSPS) is 20.7. The average molecular weight is 558 g/mol. The first kappa shape index (κ1) is 24.9. The smallest absolute Gasteiger partial charge is 0.391 e. The number of hydrogen-bond acceptors (Lipinski definition) is 7. The standard InChI is InChI=1S/C26H25F2N5O3S2/c1-13-24(32-8-9-37-25(32)30-13)36-26(35)29-11-20-17-5-3-4-16(17)12-33(20)23(34)21-22(38-14(2)31-21)15-6-7-18(27)19(28)10-15/h6-10,16-17,20H,3-5,11-12H2,1-2H3,(H,29,35)/t16-,17-,20+/m0/s1. The second-order valence-corrected chi connectivity index (χ2v) is 11.8. The Hall–Kier alpha value is -3.38. The number of nitrogens with zero attached hydrogens (tertiary/aromatic N) is 4. The number of fused-ring (bicyclic) bond motifs is 2. The number of rotatable bonds is 5. The number of likely N-dealkylation sites (tertiary alicyclic amines) is 1. The Morgan fingerprint density at radius 3 is 2.84 bits per heavy atom. The summed E-state index contributed by atoms with van der Waals surface area (Å²) in [6.07, 6.45) is 4.26. The highest BCUT2D eigenvalue weighted by atomic mass is 32.1. The van der Waals surface area contributed by atoms with Crippen molar-refractivity contribution in [3.05, 3.63) is 57.8 Å². The molecule has 8 nitrogen and oxygen atoms in total. The summed E-state index contributed by atoms with van der Waals surface area (Å²) in [4.78, 5) is 38.5. The SMILES string of the molecule is Cc1nc(C(=O)N2C[C@@H]3CCC[C@@H]3[C@H]2CNC(=O)Oc2c(C)nc3sccn23)c(-c2ccc(F)c(F)c2)s1. The summed E-state index contributed by atoms with van der Waals surface area (Å²) in [6.45, 7) is 4.36. The van der Waals surface area contributed by atoms with Crippen LogP contribution in [0.1, 0.15) is 40.5 Å². The van der Waals surface area contributed by atoms with Crippen molar-refractivity contribution in [2.75, 3.05) is 13.1 Å². The summed E-state index contributed by atoms with van der Waals surface area (Å²) in [6, 6.07) is 3.38. The van der Waals surface area contributed by atoms with Gasteiger partial charge in [0.1, 0.15) is 11.4 Å². The van der Waals surface area contributed by atoms with Crippen LogP contribution in [0.4, 0.5) is 13.6 Å². The summed E-state index contributed by atoms with van der Waals surface area (Å²) in [5.41, 5.74) is 1.25. The van der Waals surface area contributed by atoms with Gasteiger partial charge in [-0.2, -0.15) is 0 Å². The Labute approximate surface area is 225 Å². The quantitative estimate of drug-likeness (QED) is 0.353. The predicted octanol–water partition coefficient (Wildman–Crippen LogP) is 5.44. The fourth-order valence-corrected chi connectivity index (χ4v) is 7.42. The number of halogens is 2. The highest BCUT2D eigenvalue weighted by Crippen LogP contribution is 2.43. The molecule has 2 aliphatic rings. The zero-order valence-electron chi connectivity index (χ0n) is 20.7. The summed E-state index contributed by atoms with van der Waals surface area (Å²) < 4.78 is 34.8. The number of nitrogens with one attached hydrogen (secondary N) is 1. The third-order valence-electron chi connectivity index (χ3n) is 7.45. The maximum Gasteiger partial charge on any atom is 0.414 e. The second kappa shape index (κ2) is 9.73. The molecule has 3 atom stereocenters. The van der Waals surface area contributed by atoms with E-state index in [2.05, 4.69) is 15.3 Å². The third kappa shape index (κ3) is 4.35. The largest absolute Gasteiger partial charge is 0.414 e. The van der Waals surface area contributed by atoms with Crippen molar-refractivity contribution in [2.45, 2.75) is 39.2 Å². The molecule has 2 fully saturated rings. The van der Waals surface area contributed by atoms with Crippen LogP contribution in [0.5, 0.6) is 5.88 Å². The van der Waals surface area contributed by atoms with Gasteiger partial charge in [0.2, 0.25) is 5.88 Å². The molecule has 4 heterocycles. The van der Waals surface area contributed by atoms with Gasteiger partial charge in [0.15, 0.2) is 16.6 Å². The van der Waals surface area contributed by atoms with Gasteiger partial charge in [-0.1, -0.05) is 12.5 Å². The van der Waals surface area contributed by atoms with Gasteiger partial charge in [-0.15, -0.1) is 22.7 Å². The van der Waals surface area contributed by atoms with E-state index < -0.39 is 17.7 Å². The molecule has 1 aromatic carbocycles. The Morgan fingerprint density at radius 1 is 1.18 bits per heavy atom. The molecule has 1 saturated carbocycles. The van der Waals surface area contributed by atoms with Gasteiger partial charge in [0.25, 0.3) is 5.91 Å². The first-order valence-electron chi connectivity index (χ1n) is 12.4. The maximum atomic E-state index is 14.0. The molecular weight excluding hydrogens is 532 g/mol. The number of ether oxygens (including phenoxy) is 1. The second-order valence-electron chi connectivity index (χ2n) is 9.75. The third-order valence-corrected chi connectivity index (χ3v) is 9.23. The van der Waals surface area contributed by atoms with Gasteiger partial charge in [0.05, 0.1) is 15.9 Å². The maximum absolute atomic E-state index is 14.0. The number of hydrogen-bond donors (Lipinski definition) is 1. The van der Waals surface area contributed by atoms with Crippen LogP contribution in [0.2, 0.25) is 0 Å². The number of benzene rings is 1. The molecule has 0 spiro atoms. The molecule has 3 aromatic heterocycles. The van der Waals surface area contributed by atoms with Crippen LogP contribution in [-0.4, -0.2) is 50.4 Å². The molecule has 4 aromatic rings. The molecule has 0 radical (unpaired) electrons. The van der Waals surface area contributed by atoms with Crippen molar-refractivity contribution in [1.29, 1.82) is 0 Å². The Bertz CT molecular complexity index is 1550. The lowest BCUT2D eigenvalue weighted by molar-refractivity contribution is 0.0706. The van der Waals surface area contributed by atoms with E-state index in [0.717, 1.165) is 36.4 Å². The predicted molar refractivity (Wildman–Crippen MR) is 140 cm³/mol. The van der Waals surface area contributed by atoms with Crippen LogP contribution >= 0.6 is 22.7 Å². The van der Waals surface area contributed by atoms with E-state index in [9.17, 15) is 18.4 Å². The highest BCUT2D eigenvalue weighted by Gasteiger charge is 2.47. The number of carbonyl (C=O) groups is 2. The molecule has 12 heteroatoms. The zero-order chi connectivity index (χ0) is 26.6. The average Bonchev–Trinajstić information content (AvgIpc) is 3.69. The van der Waals surface area contributed by atoms with Crippen LogP contribution in [0.25, 0.3) is 15.4 Å². The summed E-state index contributed by atoms with van der Waals surface area (Å²) in [5.74, 6) is -1.22. The van der Waals surface area contributed by atoms with Crippen LogP contribution < -0.4 is 10.1 Å². The van der Waals surface area contributed by atoms with Crippen LogP contribution in [0.15, 0.2) is 29.8 Å². The van der Waals surface area contributed by atoms with E-state index in [-0.39, 0.29) is 30.1 Å². The lowest BCUT2D eigenvalue weighted by Gasteiger charge is -2.28. The first-order chi connectivity index (χ1) is 18.3. The van der Waals surface area contributed by atoms with Gasteiger partial charge < -0.3 is 15.0 Å². The number of imidazole rings is 1. The van der Waals surface area contributed by atoms with Crippen molar-refractivity contribution in [3.8, 4) is 16.3 Å². The Balaban J connectivity index is 1.22. The molecule has 1 saturated heterocycles. The van der Waals surface area contributed by atoms with Crippen LogP contribution in [0, 0.1) is 37.3 Å². The molecule has 38 heavy (non-hydrogen) atoms. The van der Waals surface area contributed by atoms with Crippen molar-refractivity contribution in [3.63, 3.8) is 0 Å². The molecule has 198 valence electrons. The van der Waals surface area contributed by atoms with Crippen molar-refractivity contribution in [1.82, 2.24) is 24.6 Å². The van der Waals surface area contributed by atoms with Crippen LogP contribution in [0.3, 0.4) is 0 Å². The number of aryl methyl sites for hydroxylation is 2. The van der Waals surface area contributed by atoms with Crippen molar-refractivity contribution < 1.29 is 23.1 Å². The molecular formula is C26H25F2N5O3S2. The summed E-state index contributed by atoms with van der Waals surface area (Å²) >= 11 is 2.72. The minimum Gasteiger partial charge on any atom is -0.391 e. The van der Waals surface area contributed by atoms with E-state index in [4.69, 9.17) is 4.74 Å². The summed E-state index contributed by atoms with van der Waals surface area (Å²) in [7, 11) is 0. The fourth-order valence-electron chi connectivity index (χ4n) is 5.76. The molecule has 2 amide bonds. The fraction of sp³-hybridized carbons (Fsp3) is 0.385. The summed E-state index contributed by atoms with van der Waals surface area (Å²) in [5, 5.41) is 5.38. The molecule has 6 rings (SSSR count). The Morgan fingerprint density at radius 2 is 2.03 bits per heavy atom. The monoisotopic (exact) mass is 557 g/mol. The van der Waals surface area contributed by atoms with Crippen LogP contribution in [-0.2, 0) is 0 Å². The molecule has 1 aliphatic heterocycles. The van der Waals surface area contributed by atoms with E-state index >= 15 is 0 Å². The van der Waals surface area contributed by atoms with Crippen molar-refractivity contribution >= 4 is 39.6 Å². The van der Waals surface area contributed by atoms with Gasteiger partial charge in [-0.05, 0) is 56.2 Å². The van der Waals surface area contributed by atoms with E-state index in [0.29, 0.717) is 39.5 Å². The molecule has 0 unspecified atom stereocenters. The number of thiazole rings is 2. The van der Waals surface area contributed by atoms with E-state index in [1.54, 1.807) is 29.3 Å². The minimum atomic E-state index is -0.976. The Kier molecular flexibility index (Phi) is 6.39. The molecule has 1 aliphatic carbocycles. The highest BCUT2D eigenvalue weighted by molar-refractivity contribution is 7.15. The van der Waals surface area contributed by atoms with Gasteiger partial charge in [0, 0.05) is 24.7 Å². The number of amides is 2. The topological polar surface area (TPSA) is 88.8 Å². The van der Waals surface area contributed by atoms with E-state index in [1.807, 2.05) is 5.38 Å². The number of carbonyl (C=O) groups excluding carboxylic acids is 2. The number of aromatic nitrogens is 3. The lowest BCUT2D eigenvalue weighted by Crippen LogP contribution is -2.46. The molecule has 1 N–H and O–H groups in total. The van der Waals surface area contributed by atoms with Crippen molar-refractivity contribution in [2.24, 2.45) is 11.8 Å². The first-order valence-corrected chi connectivity index (χ1v) is 14.1. The zero-order valence-corrected chi connectivity index (χ0v) is 22.4. The van der Waals surface area contributed by atoms with Gasteiger partial charge in [-0.25, -0.2) is 23.5 Å². The minimum absolute atomic E-state index is 0.223. The van der Waals surface area contributed by atoms with Gasteiger partial charge in [-0.3, -0.25) is 9.20 Å². The molecule has 0 bridgehead atoms.